The molecule has 0 amide bonds. The third kappa shape index (κ3) is 22.1. The lowest BCUT2D eigenvalue weighted by molar-refractivity contribution is 0.425. The summed E-state index contributed by atoms with van der Waals surface area (Å²) in [6.45, 7) is 9.75. The van der Waals surface area contributed by atoms with E-state index in [0.717, 1.165) is 72.6 Å². The quantitative estimate of drug-likeness (QED) is 0.0416. The van der Waals surface area contributed by atoms with Gasteiger partial charge in [-0.1, -0.05) is 197 Å². The summed E-state index contributed by atoms with van der Waals surface area (Å²) < 4.78 is 39.5. The van der Waals surface area contributed by atoms with Crippen LogP contribution in [0.3, 0.4) is 0 Å². The number of rotatable bonds is 12. The number of benzene rings is 8. The Bertz CT molecular complexity index is 5830. The highest BCUT2D eigenvalue weighted by Gasteiger charge is 2.23. The van der Waals surface area contributed by atoms with Crippen molar-refractivity contribution in [1.82, 2.24) is 43.6 Å². The zero-order chi connectivity index (χ0) is 79.9. The van der Waals surface area contributed by atoms with E-state index in [2.05, 4.69) is 78.5 Å². The van der Waals surface area contributed by atoms with Crippen molar-refractivity contribution in [1.29, 1.82) is 0 Å². The van der Waals surface area contributed by atoms with Gasteiger partial charge in [0.05, 0.1) is 52.3 Å². The second-order valence-corrected chi connectivity index (χ2v) is 27.4. The molecule has 0 aliphatic heterocycles. The molecule has 0 radical (unpaired) electrons. The first kappa shape index (κ1) is 85.0. The molecule has 3 atom stereocenters. The first-order valence-electron chi connectivity index (χ1n) is 32.8. The molecule has 0 aliphatic carbocycles. The SMILES string of the molecule is C[C@H](N)c1cc2cccc(Cl)c2c(=O)n1-c1ccccc1.C[C@H](Nc1nc(N)ncc1Br)c1cc2cccc(Cl)c2c(=O)n1-c1ccccc1.Cc1cccc(-c2cnc(N)nc2N[C@@H](C)c2cc3cccc(Cl)c3c(=O)n2-c2ccccc2)c1.Cc1cccc(B(O)O)c1.Nc1ncc(Br)c(Cl)n1.O=S=O.O=S=O. The van der Waals surface area contributed by atoms with Crippen LogP contribution in [0, 0.1) is 13.8 Å². The van der Waals surface area contributed by atoms with Gasteiger partial charge < -0.3 is 43.6 Å². The van der Waals surface area contributed by atoms with Crippen LogP contribution in [0.2, 0.25) is 20.2 Å². The number of nitrogens with zero attached hydrogens (tertiary/aromatic N) is 9. The maximum Gasteiger partial charge on any atom is 0.488 e. The average Bonchev–Trinajstić information content (AvgIpc) is 0.772. The van der Waals surface area contributed by atoms with Crippen molar-refractivity contribution >= 4 is 176 Å². The molecule has 0 aliphatic rings. The van der Waals surface area contributed by atoms with Gasteiger partial charge in [0, 0.05) is 64.3 Å². The maximum atomic E-state index is 13.7. The number of aryl methyl sites for hydroxylation is 2. The number of anilines is 5. The standard InChI is InChI=1S/C28H24ClN5O.C21H17BrClN5O.C17H15ClN2O.C7H9BO2.C4H3BrClN3.2O2S/c1-17-8-6-9-19(14-17)22-16-31-28(30)33-26(22)32-18(2)24-15-20-10-7-13-23(29)25(20)27(35)34(24)21-11-4-3-5-12-21;1-12(26-19-15(22)11-25-21(24)27-19)17-10-13-6-5-9-16(23)18(13)20(29)28(17)14-7-3-2-4-8-14;1-11(19)15-10-12-6-5-9-14(18)16(12)17(21)20(15)13-7-3-2-4-8-13;1-6-3-2-4-7(5-6)8(9)10;5-2-1-8-4(7)9-3(2)6;2*1-3-2/h3-16,18H,1-2H3,(H3,30,31,32,33);2-12H,1H3,(H3,24,25,26,27);2-11H,19H2,1H3;2-5,9-10H,1H3;1H,(H2,7,8,9);;/t18-;12-;11-;;;;/m000..../s1. The first-order valence-corrected chi connectivity index (χ1v) is 37.3. The Labute approximate surface area is 674 Å². The van der Waals surface area contributed by atoms with Crippen molar-refractivity contribution in [2.45, 2.75) is 52.7 Å². The number of hydrogen-bond acceptors (Lipinski definition) is 21. The molecule has 14 aromatic rings. The van der Waals surface area contributed by atoms with Crippen molar-refractivity contribution in [3.63, 3.8) is 0 Å². The number of nitrogen functional groups attached to an aromatic ring is 3. The predicted octanol–water partition coefficient (Wildman–Crippen LogP) is 14.6. The van der Waals surface area contributed by atoms with Gasteiger partial charge in [-0.2, -0.15) is 26.8 Å². The minimum absolute atomic E-state index is 0.142. The summed E-state index contributed by atoms with van der Waals surface area (Å²) in [6.07, 6.45) is 4.81. The van der Waals surface area contributed by atoms with Gasteiger partial charge in [-0.15, -0.1) is 0 Å². The molecule has 24 nitrogen and oxygen atoms in total. The molecule has 12 N–H and O–H groups in total. The number of nitrogens with two attached hydrogens (primary N) is 4. The third-order valence-electron chi connectivity index (χ3n) is 16.1. The second kappa shape index (κ2) is 40.7. The average molecular weight is 1720 g/mol. The van der Waals surface area contributed by atoms with Crippen molar-refractivity contribution in [2.75, 3.05) is 27.8 Å². The van der Waals surface area contributed by atoms with E-state index >= 15 is 0 Å². The summed E-state index contributed by atoms with van der Waals surface area (Å²) in [5.74, 6) is 1.65. The van der Waals surface area contributed by atoms with Crippen LogP contribution in [0.15, 0.2) is 254 Å². The fraction of sp³-hybridized carbons (Fsp3) is 0.104. The van der Waals surface area contributed by atoms with Gasteiger partial charge in [-0.25, -0.2) is 19.9 Å². The summed E-state index contributed by atoms with van der Waals surface area (Å²) in [5, 5.41) is 29.7. The molecular formula is C77H68BBr2Cl4N15O9S2. The van der Waals surface area contributed by atoms with Crippen LogP contribution < -0.4 is 55.7 Å². The number of para-hydroxylation sites is 3. The Balaban J connectivity index is 0.000000182. The molecule has 6 aromatic heterocycles. The lowest BCUT2D eigenvalue weighted by Crippen LogP contribution is -2.29. The van der Waals surface area contributed by atoms with Crippen molar-refractivity contribution in [3.05, 3.63) is 319 Å². The Morgan fingerprint density at radius 2 is 0.800 bits per heavy atom. The van der Waals surface area contributed by atoms with Crippen LogP contribution in [0.1, 0.15) is 67.1 Å². The molecule has 0 saturated carbocycles. The number of aromatic nitrogens is 9. The summed E-state index contributed by atoms with van der Waals surface area (Å²) >= 11 is 29.6. The molecule has 8 aromatic carbocycles. The fourth-order valence-corrected chi connectivity index (χ4v) is 12.7. The van der Waals surface area contributed by atoms with Gasteiger partial charge in [0.25, 0.3) is 16.7 Å². The minimum atomic E-state index is -1.35. The zero-order valence-corrected chi connectivity index (χ0v) is 66.7. The van der Waals surface area contributed by atoms with Crippen LogP contribution in [0.5, 0.6) is 0 Å². The predicted molar refractivity (Wildman–Crippen MR) is 449 cm³/mol. The van der Waals surface area contributed by atoms with Crippen LogP contribution in [0.4, 0.5) is 29.5 Å². The van der Waals surface area contributed by atoms with E-state index in [0.29, 0.717) is 62.4 Å². The van der Waals surface area contributed by atoms with Crippen molar-refractivity contribution in [3.8, 4) is 28.2 Å². The molecule has 6 heterocycles. The monoisotopic (exact) mass is 1720 g/mol. The van der Waals surface area contributed by atoms with E-state index < -0.39 is 30.3 Å². The Hall–Kier alpha value is -10.7. The van der Waals surface area contributed by atoms with E-state index in [9.17, 15) is 14.4 Å². The normalized spacial score (nSPS) is 11.3. The van der Waals surface area contributed by atoms with Gasteiger partial charge in [-0.3, -0.25) is 28.1 Å². The summed E-state index contributed by atoms with van der Waals surface area (Å²) in [4.78, 5) is 64.3. The molecule has 0 unspecified atom stereocenters. The van der Waals surface area contributed by atoms with E-state index in [1.807, 2.05) is 204 Å². The van der Waals surface area contributed by atoms with Crippen LogP contribution in [-0.4, -0.2) is 77.6 Å². The number of hydrogen-bond donors (Lipinski definition) is 8. The largest absolute Gasteiger partial charge is 0.488 e. The molecule has 562 valence electrons. The lowest BCUT2D eigenvalue weighted by atomic mass is 9.80. The fourth-order valence-electron chi connectivity index (χ4n) is 11.3. The first-order chi connectivity index (χ1) is 52.7. The van der Waals surface area contributed by atoms with Crippen LogP contribution in [0.25, 0.3) is 60.5 Å². The molecule has 14 rings (SSSR count). The van der Waals surface area contributed by atoms with Gasteiger partial charge in [0.2, 0.25) is 17.8 Å². The van der Waals surface area contributed by atoms with E-state index in [-0.39, 0.29) is 52.6 Å². The van der Waals surface area contributed by atoms with E-state index in [4.69, 9.17) is 96.2 Å². The van der Waals surface area contributed by atoms with Gasteiger partial charge in [0.1, 0.15) is 16.8 Å². The Kier molecular flexibility index (Phi) is 31.4. The van der Waals surface area contributed by atoms with E-state index in [1.165, 1.54) is 6.20 Å². The molecule has 0 fully saturated rings. The summed E-state index contributed by atoms with van der Waals surface area (Å²) in [7, 11) is -1.35. The number of fused-ring (bicyclic) bond motifs is 3. The van der Waals surface area contributed by atoms with E-state index in [1.54, 1.807) is 62.5 Å². The van der Waals surface area contributed by atoms with Crippen molar-refractivity contribution < 1.29 is 26.9 Å². The number of pyridine rings is 3. The van der Waals surface area contributed by atoms with Crippen LogP contribution >= 0.6 is 78.3 Å². The Morgan fingerprint density at radius 1 is 0.445 bits per heavy atom. The summed E-state index contributed by atoms with van der Waals surface area (Å²) in [5.41, 5.74) is 31.5. The van der Waals surface area contributed by atoms with Gasteiger partial charge in [0.15, 0.2) is 0 Å². The molecular weight excluding hydrogens is 1660 g/mol. The number of halogens is 6. The smallest absolute Gasteiger partial charge is 0.423 e. The minimum Gasteiger partial charge on any atom is -0.423 e. The number of nitrogens with one attached hydrogen (secondary N) is 2. The maximum absolute atomic E-state index is 13.7. The highest BCUT2D eigenvalue weighted by Crippen LogP contribution is 2.34. The van der Waals surface area contributed by atoms with Crippen LogP contribution in [-0.2, 0) is 23.1 Å². The topological polar surface area (TPSA) is 380 Å². The molecule has 0 saturated heterocycles. The molecule has 0 bridgehead atoms. The molecule has 110 heavy (non-hydrogen) atoms. The van der Waals surface area contributed by atoms with Gasteiger partial charge >= 0.3 is 30.3 Å². The second-order valence-electron chi connectivity index (χ2n) is 23.8. The Morgan fingerprint density at radius 3 is 1.18 bits per heavy atom. The van der Waals surface area contributed by atoms with Gasteiger partial charge in [-0.05, 0) is 166 Å². The highest BCUT2D eigenvalue weighted by molar-refractivity contribution is 9.11. The van der Waals surface area contributed by atoms with Crippen molar-refractivity contribution in [2.24, 2.45) is 5.73 Å². The third-order valence-corrected chi connectivity index (χ3v) is 18.8. The lowest BCUT2D eigenvalue weighted by Gasteiger charge is -2.23. The molecule has 0 spiro atoms. The summed E-state index contributed by atoms with van der Waals surface area (Å²) in [6, 6.07) is 65.1. The molecule has 33 heteroatoms. The zero-order valence-electron chi connectivity index (χ0n) is 58.9. The highest BCUT2D eigenvalue weighted by atomic mass is 79.9.